The van der Waals surface area contributed by atoms with Crippen molar-refractivity contribution in [2.24, 2.45) is 0 Å². The van der Waals surface area contributed by atoms with Gasteiger partial charge in [0.1, 0.15) is 5.54 Å². The molecule has 1 saturated carbocycles. The van der Waals surface area contributed by atoms with Gasteiger partial charge in [-0.1, -0.05) is 0 Å². The minimum Gasteiger partial charge on any atom is -0.330 e. The van der Waals surface area contributed by atoms with E-state index in [2.05, 4.69) is 0 Å². The summed E-state index contributed by atoms with van der Waals surface area (Å²) in [6.45, 7) is 2.33. The molecular weight excluding hydrogens is 154 g/mol. The Morgan fingerprint density at radius 2 is 2.25 bits per heavy atom. The van der Waals surface area contributed by atoms with Gasteiger partial charge >= 0.3 is 0 Å². The molecule has 0 N–H and O–H groups in total. The molecule has 1 aliphatic heterocycles. The molecule has 2 fully saturated rings. The summed E-state index contributed by atoms with van der Waals surface area (Å²) in [5, 5.41) is 0. The van der Waals surface area contributed by atoms with Crippen LogP contribution in [0.5, 0.6) is 0 Å². The molecule has 2 rings (SSSR count). The molecule has 0 bridgehead atoms. The van der Waals surface area contributed by atoms with Gasteiger partial charge in [-0.2, -0.15) is 0 Å². The third-order valence-corrected chi connectivity index (χ3v) is 3.15. The van der Waals surface area contributed by atoms with Crippen molar-refractivity contribution in [3.8, 4) is 0 Å². The van der Waals surface area contributed by atoms with Crippen LogP contribution >= 0.6 is 0 Å². The maximum absolute atomic E-state index is 11.4. The summed E-state index contributed by atoms with van der Waals surface area (Å²) >= 11 is 0. The highest BCUT2D eigenvalue weighted by atomic mass is 16.2. The van der Waals surface area contributed by atoms with Crippen LogP contribution in [0.2, 0.25) is 0 Å². The molecule has 1 saturated heterocycles. The topological polar surface area (TPSA) is 37.4 Å². The van der Waals surface area contributed by atoms with Gasteiger partial charge in [0.15, 0.2) is 5.78 Å². The Kier molecular flexibility index (Phi) is 1.50. The molecule has 0 aromatic carbocycles. The molecule has 0 aromatic rings. The Morgan fingerprint density at radius 1 is 1.50 bits per heavy atom. The van der Waals surface area contributed by atoms with Gasteiger partial charge in [-0.3, -0.25) is 9.59 Å². The predicted molar refractivity (Wildman–Crippen MR) is 43.6 cm³/mol. The van der Waals surface area contributed by atoms with Crippen LogP contribution in [0.3, 0.4) is 0 Å². The van der Waals surface area contributed by atoms with Gasteiger partial charge in [-0.05, 0) is 19.3 Å². The van der Waals surface area contributed by atoms with E-state index in [4.69, 9.17) is 0 Å². The first kappa shape index (κ1) is 7.77. The van der Waals surface area contributed by atoms with Crippen molar-refractivity contribution in [1.82, 2.24) is 4.90 Å². The summed E-state index contributed by atoms with van der Waals surface area (Å²) < 4.78 is 0. The zero-order valence-electron chi connectivity index (χ0n) is 7.30. The van der Waals surface area contributed by atoms with E-state index in [1.165, 1.54) is 0 Å². The van der Waals surface area contributed by atoms with E-state index in [9.17, 15) is 9.59 Å². The molecule has 2 aliphatic rings. The molecule has 3 nitrogen and oxygen atoms in total. The molecule has 1 amide bonds. The second-order valence-corrected chi connectivity index (χ2v) is 3.73. The van der Waals surface area contributed by atoms with Gasteiger partial charge in [-0.25, -0.2) is 0 Å². The average molecular weight is 167 g/mol. The smallest absolute Gasteiger partial charge is 0.220 e. The van der Waals surface area contributed by atoms with Gasteiger partial charge in [0, 0.05) is 19.9 Å². The van der Waals surface area contributed by atoms with Crippen LogP contribution in [0.25, 0.3) is 0 Å². The average Bonchev–Trinajstić information content (AvgIpc) is 2.47. The Labute approximate surface area is 71.7 Å². The lowest BCUT2D eigenvalue weighted by atomic mass is 9.73. The maximum atomic E-state index is 11.4. The van der Waals surface area contributed by atoms with E-state index in [-0.39, 0.29) is 17.2 Å². The van der Waals surface area contributed by atoms with Crippen LogP contribution in [-0.4, -0.2) is 28.7 Å². The Bertz CT molecular complexity index is 249. The first-order valence-corrected chi connectivity index (χ1v) is 4.48. The molecule has 3 heteroatoms. The highest BCUT2D eigenvalue weighted by Crippen LogP contribution is 2.42. The molecule has 1 heterocycles. The van der Waals surface area contributed by atoms with Crippen LogP contribution in [0.4, 0.5) is 0 Å². The molecule has 12 heavy (non-hydrogen) atoms. The number of carbonyl (C=O) groups excluding carboxylic acids is 2. The SMILES string of the molecule is CC(=O)N1CCCC12CCC2=O. The first-order chi connectivity index (χ1) is 5.67. The van der Waals surface area contributed by atoms with E-state index in [1.807, 2.05) is 0 Å². The maximum Gasteiger partial charge on any atom is 0.220 e. The van der Waals surface area contributed by atoms with Gasteiger partial charge < -0.3 is 4.90 Å². The van der Waals surface area contributed by atoms with Crippen LogP contribution in [-0.2, 0) is 9.59 Å². The van der Waals surface area contributed by atoms with Crippen molar-refractivity contribution in [1.29, 1.82) is 0 Å². The lowest BCUT2D eigenvalue weighted by Gasteiger charge is -2.43. The lowest BCUT2D eigenvalue weighted by Crippen LogP contribution is -2.58. The van der Waals surface area contributed by atoms with Gasteiger partial charge in [-0.15, -0.1) is 0 Å². The van der Waals surface area contributed by atoms with E-state index in [1.54, 1.807) is 11.8 Å². The van der Waals surface area contributed by atoms with Crippen molar-refractivity contribution >= 4 is 11.7 Å². The van der Waals surface area contributed by atoms with Gasteiger partial charge in [0.05, 0.1) is 0 Å². The fourth-order valence-electron chi connectivity index (χ4n) is 2.40. The molecule has 1 atom stereocenters. The minimum absolute atomic E-state index is 0.0561. The molecule has 1 unspecified atom stereocenters. The monoisotopic (exact) mass is 167 g/mol. The summed E-state index contributed by atoms with van der Waals surface area (Å²) in [6.07, 6.45) is 3.45. The minimum atomic E-state index is -0.341. The third-order valence-electron chi connectivity index (χ3n) is 3.15. The summed E-state index contributed by atoms with van der Waals surface area (Å²) in [6, 6.07) is 0. The van der Waals surface area contributed by atoms with E-state index >= 15 is 0 Å². The number of carbonyl (C=O) groups is 2. The van der Waals surface area contributed by atoms with Crippen LogP contribution < -0.4 is 0 Å². The fourth-order valence-corrected chi connectivity index (χ4v) is 2.40. The molecule has 1 spiro atoms. The molecule has 66 valence electrons. The number of Topliss-reactive ketones (excluding diaryl/α,β-unsaturated/α-hetero) is 1. The Morgan fingerprint density at radius 3 is 2.58 bits per heavy atom. The highest BCUT2D eigenvalue weighted by molar-refractivity contribution is 5.98. The van der Waals surface area contributed by atoms with Crippen molar-refractivity contribution in [2.75, 3.05) is 6.54 Å². The quantitative estimate of drug-likeness (QED) is 0.533. The molecular formula is C9H13NO2. The normalized spacial score (nSPS) is 34.1. The number of amides is 1. The van der Waals surface area contributed by atoms with Crippen molar-refractivity contribution in [2.45, 2.75) is 38.1 Å². The van der Waals surface area contributed by atoms with Crippen LogP contribution in [0, 0.1) is 0 Å². The largest absolute Gasteiger partial charge is 0.330 e. The zero-order valence-corrected chi connectivity index (χ0v) is 7.30. The van der Waals surface area contributed by atoms with Crippen LogP contribution in [0.15, 0.2) is 0 Å². The molecule has 0 aromatic heterocycles. The van der Waals surface area contributed by atoms with E-state index in [0.717, 1.165) is 25.8 Å². The van der Waals surface area contributed by atoms with E-state index in [0.29, 0.717) is 6.42 Å². The van der Waals surface area contributed by atoms with Crippen molar-refractivity contribution in [3.63, 3.8) is 0 Å². The second-order valence-electron chi connectivity index (χ2n) is 3.73. The number of ketones is 1. The number of nitrogens with zero attached hydrogens (tertiary/aromatic N) is 1. The number of hydrogen-bond donors (Lipinski definition) is 0. The summed E-state index contributed by atoms with van der Waals surface area (Å²) in [5.74, 6) is 0.329. The van der Waals surface area contributed by atoms with Crippen molar-refractivity contribution in [3.05, 3.63) is 0 Å². The second kappa shape index (κ2) is 2.31. The Hall–Kier alpha value is -0.860. The molecule has 1 aliphatic carbocycles. The zero-order chi connectivity index (χ0) is 8.77. The van der Waals surface area contributed by atoms with Crippen LogP contribution in [0.1, 0.15) is 32.6 Å². The van der Waals surface area contributed by atoms with Gasteiger partial charge in [0.2, 0.25) is 5.91 Å². The number of likely N-dealkylation sites (tertiary alicyclic amines) is 1. The molecule has 0 radical (unpaired) electrons. The summed E-state index contributed by atoms with van der Waals surface area (Å²) in [5.41, 5.74) is -0.341. The number of hydrogen-bond acceptors (Lipinski definition) is 2. The van der Waals surface area contributed by atoms with Crippen molar-refractivity contribution < 1.29 is 9.59 Å². The summed E-state index contributed by atoms with van der Waals surface area (Å²) in [7, 11) is 0. The lowest BCUT2D eigenvalue weighted by molar-refractivity contribution is -0.149. The summed E-state index contributed by atoms with van der Waals surface area (Å²) in [4.78, 5) is 24.3. The fraction of sp³-hybridized carbons (Fsp3) is 0.778. The number of rotatable bonds is 0. The predicted octanol–water partition coefficient (Wildman–Crippen LogP) is 0.730. The first-order valence-electron chi connectivity index (χ1n) is 4.48. The highest BCUT2D eigenvalue weighted by Gasteiger charge is 2.53. The van der Waals surface area contributed by atoms with E-state index < -0.39 is 0 Å². The third kappa shape index (κ3) is 0.765. The Balaban J connectivity index is 2.24. The van der Waals surface area contributed by atoms with Gasteiger partial charge in [0.25, 0.3) is 0 Å². The standard InChI is InChI=1S/C9H13NO2/c1-7(11)10-6-2-4-9(10)5-3-8(9)12/h2-6H2,1H3.